The van der Waals surface area contributed by atoms with Gasteiger partial charge in [0.2, 0.25) is 0 Å². The number of aryl methyl sites for hydroxylation is 2. The molecule has 0 saturated heterocycles. The fraction of sp³-hybridized carbons (Fsp3) is 0.583. The monoisotopic (exact) mass is 297 g/mol. The van der Waals surface area contributed by atoms with Crippen LogP contribution in [-0.2, 0) is 6.42 Å². The fourth-order valence-corrected chi connectivity index (χ4v) is 2.42. The first-order valence-electron chi connectivity index (χ1n) is 5.82. The van der Waals surface area contributed by atoms with E-state index in [1.165, 1.54) is 0 Å². The summed E-state index contributed by atoms with van der Waals surface area (Å²) >= 11 is 3.44. The normalized spacial score (nSPS) is 16.6. The highest BCUT2D eigenvalue weighted by Crippen LogP contribution is 2.37. The second-order valence-corrected chi connectivity index (χ2v) is 5.13. The van der Waals surface area contributed by atoms with Gasteiger partial charge in [0.05, 0.1) is 22.5 Å². The van der Waals surface area contributed by atoms with Crippen LogP contribution in [0.3, 0.4) is 0 Å². The van der Waals surface area contributed by atoms with E-state index in [2.05, 4.69) is 31.4 Å². The molecule has 2 rings (SSSR count). The molecule has 0 atom stereocenters. The van der Waals surface area contributed by atoms with Gasteiger partial charge >= 0.3 is 0 Å². The van der Waals surface area contributed by atoms with Gasteiger partial charge in [0.15, 0.2) is 0 Å². The molecule has 0 bridgehead atoms. The smallest absolute Gasteiger partial charge is 0.253 e. The highest BCUT2D eigenvalue weighted by Gasteiger charge is 2.43. The largest absolute Gasteiger partial charge is 0.346 e. The molecule has 4 nitrogen and oxygen atoms in total. The zero-order chi connectivity index (χ0) is 12.5. The Labute approximate surface area is 109 Å². The van der Waals surface area contributed by atoms with Crippen LogP contribution in [0.2, 0.25) is 0 Å². The average molecular weight is 298 g/mol. The molecule has 0 spiro atoms. The van der Waals surface area contributed by atoms with Gasteiger partial charge in [-0.05, 0) is 32.3 Å². The maximum atomic E-state index is 12.2. The summed E-state index contributed by atoms with van der Waals surface area (Å²) in [5.41, 5.74) is 2.17. The summed E-state index contributed by atoms with van der Waals surface area (Å²) in [4.78, 5) is 12.2. The molecule has 1 aromatic heterocycles. The van der Waals surface area contributed by atoms with E-state index in [1.807, 2.05) is 19.9 Å². The van der Waals surface area contributed by atoms with Gasteiger partial charge in [-0.15, -0.1) is 0 Å². The van der Waals surface area contributed by atoms with E-state index in [9.17, 15) is 4.79 Å². The Bertz CT molecular complexity index is 443. The zero-order valence-corrected chi connectivity index (χ0v) is 11.7. The van der Waals surface area contributed by atoms with Crippen LogP contribution in [0, 0.1) is 6.92 Å². The molecule has 1 saturated carbocycles. The Morgan fingerprint density at radius 3 is 2.76 bits per heavy atom. The van der Waals surface area contributed by atoms with Crippen molar-refractivity contribution in [2.24, 2.45) is 0 Å². The lowest BCUT2D eigenvalue weighted by atomic mass is 10.1. The molecule has 0 aromatic carbocycles. The standard InChI is InChI=1S/C12H16BrN3O/c1-3-10-9(6-8(2)15-16-10)11(17)14-12(7-13)4-5-12/h6H,3-5,7H2,1-2H3,(H,14,17). The molecule has 5 heteroatoms. The number of amides is 1. The molecule has 92 valence electrons. The molecular weight excluding hydrogens is 282 g/mol. The van der Waals surface area contributed by atoms with E-state index < -0.39 is 0 Å². The Morgan fingerprint density at radius 1 is 1.53 bits per heavy atom. The maximum absolute atomic E-state index is 12.2. The highest BCUT2D eigenvalue weighted by atomic mass is 79.9. The number of alkyl halides is 1. The van der Waals surface area contributed by atoms with Crippen molar-refractivity contribution in [3.63, 3.8) is 0 Å². The first kappa shape index (κ1) is 12.5. The topological polar surface area (TPSA) is 54.9 Å². The van der Waals surface area contributed by atoms with Gasteiger partial charge in [0, 0.05) is 5.33 Å². The van der Waals surface area contributed by atoms with Crippen molar-refractivity contribution in [3.8, 4) is 0 Å². The lowest BCUT2D eigenvalue weighted by Crippen LogP contribution is -2.38. The van der Waals surface area contributed by atoms with Crippen LogP contribution in [0.15, 0.2) is 6.07 Å². The number of nitrogens with zero attached hydrogens (tertiary/aromatic N) is 2. The van der Waals surface area contributed by atoms with Gasteiger partial charge in [0.1, 0.15) is 0 Å². The number of carbonyl (C=O) groups is 1. The van der Waals surface area contributed by atoms with Crippen LogP contribution in [0.5, 0.6) is 0 Å². The predicted octanol–water partition coefficient (Wildman–Crippen LogP) is 2.00. The molecule has 1 amide bonds. The quantitative estimate of drug-likeness (QED) is 0.865. The van der Waals surface area contributed by atoms with Gasteiger partial charge in [-0.3, -0.25) is 4.79 Å². The summed E-state index contributed by atoms with van der Waals surface area (Å²) in [6, 6.07) is 1.81. The molecule has 1 aliphatic carbocycles. The highest BCUT2D eigenvalue weighted by molar-refractivity contribution is 9.09. The molecule has 1 heterocycles. The minimum atomic E-state index is -0.0307. The Morgan fingerprint density at radius 2 is 2.24 bits per heavy atom. The number of aromatic nitrogens is 2. The molecule has 1 aromatic rings. The SMILES string of the molecule is CCc1nnc(C)cc1C(=O)NC1(CBr)CC1. The fourth-order valence-electron chi connectivity index (χ4n) is 1.72. The van der Waals surface area contributed by atoms with Crippen molar-refractivity contribution in [1.82, 2.24) is 15.5 Å². The third-order valence-electron chi connectivity index (χ3n) is 3.06. The number of rotatable bonds is 4. The third kappa shape index (κ3) is 2.65. The second kappa shape index (κ2) is 4.72. The Balaban J connectivity index is 2.21. The zero-order valence-electron chi connectivity index (χ0n) is 10.1. The van der Waals surface area contributed by atoms with Crippen LogP contribution in [-0.4, -0.2) is 27.0 Å². The summed E-state index contributed by atoms with van der Waals surface area (Å²) < 4.78 is 0. The summed E-state index contributed by atoms with van der Waals surface area (Å²) in [6.07, 6.45) is 2.81. The lowest BCUT2D eigenvalue weighted by Gasteiger charge is -2.15. The van der Waals surface area contributed by atoms with Gasteiger partial charge in [-0.2, -0.15) is 10.2 Å². The maximum Gasteiger partial charge on any atom is 0.253 e. The van der Waals surface area contributed by atoms with Crippen molar-refractivity contribution in [2.75, 3.05) is 5.33 Å². The number of hydrogen-bond acceptors (Lipinski definition) is 3. The molecule has 0 unspecified atom stereocenters. The van der Waals surface area contributed by atoms with Gasteiger partial charge in [-0.1, -0.05) is 22.9 Å². The van der Waals surface area contributed by atoms with E-state index in [-0.39, 0.29) is 11.4 Å². The lowest BCUT2D eigenvalue weighted by molar-refractivity contribution is 0.0934. The number of nitrogens with one attached hydrogen (secondary N) is 1. The molecular formula is C12H16BrN3O. The van der Waals surface area contributed by atoms with E-state index in [0.717, 1.165) is 36.0 Å². The molecule has 1 fully saturated rings. The van der Waals surface area contributed by atoms with E-state index in [0.29, 0.717) is 5.56 Å². The van der Waals surface area contributed by atoms with Crippen molar-refractivity contribution < 1.29 is 4.79 Å². The van der Waals surface area contributed by atoms with Crippen LogP contribution >= 0.6 is 15.9 Å². The van der Waals surface area contributed by atoms with Crippen molar-refractivity contribution in [3.05, 3.63) is 23.0 Å². The van der Waals surface area contributed by atoms with Crippen molar-refractivity contribution >= 4 is 21.8 Å². The first-order chi connectivity index (χ1) is 8.10. The third-order valence-corrected chi connectivity index (χ3v) is 4.13. The second-order valence-electron chi connectivity index (χ2n) is 4.57. The summed E-state index contributed by atoms with van der Waals surface area (Å²) in [7, 11) is 0. The first-order valence-corrected chi connectivity index (χ1v) is 6.94. The Hall–Kier alpha value is -0.970. The molecule has 0 aliphatic heterocycles. The van der Waals surface area contributed by atoms with Crippen LogP contribution in [0.4, 0.5) is 0 Å². The number of halogens is 1. The summed E-state index contributed by atoms with van der Waals surface area (Å²) in [6.45, 7) is 3.83. The molecule has 1 N–H and O–H groups in total. The van der Waals surface area contributed by atoms with E-state index in [4.69, 9.17) is 0 Å². The minimum absolute atomic E-state index is 0.0285. The minimum Gasteiger partial charge on any atom is -0.346 e. The van der Waals surface area contributed by atoms with Gasteiger partial charge in [-0.25, -0.2) is 0 Å². The molecule has 17 heavy (non-hydrogen) atoms. The average Bonchev–Trinajstić information content (AvgIpc) is 3.09. The molecule has 0 radical (unpaired) electrons. The predicted molar refractivity (Wildman–Crippen MR) is 69.4 cm³/mol. The van der Waals surface area contributed by atoms with Gasteiger partial charge in [0.25, 0.3) is 5.91 Å². The van der Waals surface area contributed by atoms with Crippen molar-refractivity contribution in [1.29, 1.82) is 0 Å². The number of hydrogen-bond donors (Lipinski definition) is 1. The molecule has 1 aliphatic rings. The Kier molecular flexibility index (Phi) is 3.47. The van der Waals surface area contributed by atoms with Crippen LogP contribution in [0.25, 0.3) is 0 Å². The van der Waals surface area contributed by atoms with Gasteiger partial charge < -0.3 is 5.32 Å². The summed E-state index contributed by atoms with van der Waals surface area (Å²) in [5.74, 6) is -0.0307. The van der Waals surface area contributed by atoms with Crippen LogP contribution in [0.1, 0.15) is 41.5 Å². The van der Waals surface area contributed by atoms with E-state index in [1.54, 1.807) is 0 Å². The summed E-state index contributed by atoms with van der Waals surface area (Å²) in [5, 5.41) is 11.9. The number of carbonyl (C=O) groups excluding carboxylic acids is 1. The van der Waals surface area contributed by atoms with E-state index >= 15 is 0 Å². The van der Waals surface area contributed by atoms with Crippen molar-refractivity contribution in [2.45, 2.75) is 38.6 Å². The van der Waals surface area contributed by atoms with Crippen LogP contribution < -0.4 is 5.32 Å².